The van der Waals surface area contributed by atoms with E-state index < -0.39 is 23.7 Å². The average Bonchev–Trinajstić information content (AvgIpc) is 3.16. The first-order valence-electron chi connectivity index (χ1n) is 10.0. The van der Waals surface area contributed by atoms with Crippen molar-refractivity contribution in [1.82, 2.24) is 25.1 Å². The first-order valence-corrected chi connectivity index (χ1v) is 10.0. The normalized spacial score (nSPS) is 13.0. The Balaban J connectivity index is 2.01. The molecule has 0 bridgehead atoms. The Morgan fingerprint density at radius 2 is 1.82 bits per heavy atom. The molecule has 176 valence electrons. The van der Waals surface area contributed by atoms with E-state index in [9.17, 15) is 23.1 Å². The van der Waals surface area contributed by atoms with Gasteiger partial charge in [0, 0.05) is 18.8 Å². The summed E-state index contributed by atoms with van der Waals surface area (Å²) in [6.45, 7) is 5.38. The molecular weight excluding hydrogens is 439 g/mol. The summed E-state index contributed by atoms with van der Waals surface area (Å²) in [5, 5.41) is 16.5. The van der Waals surface area contributed by atoms with Gasteiger partial charge in [0.05, 0.1) is 30.1 Å². The predicted molar refractivity (Wildman–Crippen MR) is 114 cm³/mol. The molecular formula is C22H24F3N5O3. The van der Waals surface area contributed by atoms with Gasteiger partial charge in [0.15, 0.2) is 5.82 Å². The molecule has 0 aliphatic rings. The number of aromatic nitrogens is 4. The molecule has 3 rings (SSSR count). The lowest BCUT2D eigenvalue weighted by molar-refractivity contribution is -0.274. The van der Waals surface area contributed by atoms with Crippen LogP contribution in [-0.4, -0.2) is 49.8 Å². The van der Waals surface area contributed by atoms with Gasteiger partial charge in [-0.15, -0.1) is 13.2 Å². The molecule has 1 unspecified atom stereocenters. The third-order valence-electron chi connectivity index (χ3n) is 4.84. The van der Waals surface area contributed by atoms with Crippen molar-refractivity contribution >= 4 is 5.91 Å². The monoisotopic (exact) mass is 463 g/mol. The fourth-order valence-corrected chi connectivity index (χ4v) is 2.97. The van der Waals surface area contributed by atoms with Crippen molar-refractivity contribution in [3.05, 3.63) is 48.4 Å². The van der Waals surface area contributed by atoms with E-state index in [4.69, 9.17) is 0 Å². The molecule has 0 saturated carbocycles. The Morgan fingerprint density at radius 1 is 1.15 bits per heavy atom. The molecule has 3 aromatic rings. The summed E-state index contributed by atoms with van der Waals surface area (Å²) in [5.41, 5.74) is 0.974. The second-order valence-corrected chi connectivity index (χ2v) is 8.51. The van der Waals surface area contributed by atoms with Crippen LogP contribution in [0.2, 0.25) is 0 Å². The smallest absolute Gasteiger partial charge is 0.406 e. The molecule has 0 spiro atoms. The SMILES string of the molecule is Cn1cc(-c2nc(C(=O)NC(CO)C(C)(C)C)cc(-c3ccc(OC(F)(F)F)cc3)n2)cn1. The molecule has 8 nitrogen and oxygen atoms in total. The van der Waals surface area contributed by atoms with Gasteiger partial charge >= 0.3 is 6.36 Å². The minimum Gasteiger partial charge on any atom is -0.406 e. The minimum atomic E-state index is -4.80. The summed E-state index contributed by atoms with van der Waals surface area (Å²) < 4.78 is 42.8. The van der Waals surface area contributed by atoms with Crippen LogP contribution in [0.5, 0.6) is 5.75 Å². The highest BCUT2D eigenvalue weighted by molar-refractivity contribution is 5.94. The van der Waals surface area contributed by atoms with E-state index in [0.29, 0.717) is 16.8 Å². The fraction of sp³-hybridized carbons (Fsp3) is 0.364. The van der Waals surface area contributed by atoms with Gasteiger partial charge in [-0.3, -0.25) is 9.48 Å². The Labute approximate surface area is 188 Å². The van der Waals surface area contributed by atoms with Crippen LogP contribution in [0, 0.1) is 5.41 Å². The molecule has 2 aromatic heterocycles. The molecule has 0 saturated heterocycles. The molecule has 33 heavy (non-hydrogen) atoms. The lowest BCUT2D eigenvalue weighted by Gasteiger charge is -2.29. The lowest BCUT2D eigenvalue weighted by Crippen LogP contribution is -2.46. The third kappa shape index (κ3) is 6.28. The van der Waals surface area contributed by atoms with Crippen molar-refractivity contribution in [1.29, 1.82) is 0 Å². The first kappa shape index (κ1) is 24.2. The number of aryl methyl sites for hydroxylation is 1. The number of carbonyl (C=O) groups excluding carboxylic acids is 1. The van der Waals surface area contributed by atoms with E-state index in [2.05, 4.69) is 25.1 Å². The first-order chi connectivity index (χ1) is 15.4. The number of alkyl halides is 3. The van der Waals surface area contributed by atoms with Crippen molar-refractivity contribution < 1.29 is 27.8 Å². The van der Waals surface area contributed by atoms with Crippen molar-refractivity contribution in [2.75, 3.05) is 6.61 Å². The van der Waals surface area contributed by atoms with Crippen LogP contribution in [-0.2, 0) is 7.05 Å². The van der Waals surface area contributed by atoms with E-state index in [-0.39, 0.29) is 23.9 Å². The Kier molecular flexibility index (Phi) is 6.73. The van der Waals surface area contributed by atoms with Gasteiger partial charge in [0.1, 0.15) is 11.4 Å². The second-order valence-electron chi connectivity index (χ2n) is 8.51. The number of rotatable bonds is 6. The van der Waals surface area contributed by atoms with Gasteiger partial charge in [0.25, 0.3) is 5.91 Å². The van der Waals surface area contributed by atoms with Crippen molar-refractivity contribution in [3.8, 4) is 28.4 Å². The zero-order valence-corrected chi connectivity index (χ0v) is 18.5. The highest BCUT2D eigenvalue weighted by Crippen LogP contribution is 2.27. The maximum Gasteiger partial charge on any atom is 0.573 e. The van der Waals surface area contributed by atoms with Crippen LogP contribution in [0.25, 0.3) is 22.6 Å². The summed E-state index contributed by atoms with van der Waals surface area (Å²) in [7, 11) is 1.72. The number of aliphatic hydroxyl groups is 1. The number of ether oxygens (including phenoxy) is 1. The summed E-state index contributed by atoms with van der Waals surface area (Å²) >= 11 is 0. The molecule has 0 fully saturated rings. The molecule has 0 radical (unpaired) electrons. The van der Waals surface area contributed by atoms with Crippen LogP contribution < -0.4 is 10.1 Å². The van der Waals surface area contributed by atoms with Crippen molar-refractivity contribution in [3.63, 3.8) is 0 Å². The molecule has 1 aromatic carbocycles. The number of amides is 1. The molecule has 2 heterocycles. The highest BCUT2D eigenvalue weighted by Gasteiger charge is 2.31. The second kappa shape index (κ2) is 9.18. The van der Waals surface area contributed by atoms with Crippen LogP contribution >= 0.6 is 0 Å². The summed E-state index contributed by atoms with van der Waals surface area (Å²) in [6, 6.07) is 6.05. The summed E-state index contributed by atoms with van der Waals surface area (Å²) in [4.78, 5) is 21.8. The zero-order valence-electron chi connectivity index (χ0n) is 18.5. The maximum atomic E-state index is 13.0. The van der Waals surface area contributed by atoms with Crippen molar-refractivity contribution in [2.24, 2.45) is 12.5 Å². The van der Waals surface area contributed by atoms with E-state index >= 15 is 0 Å². The number of halogens is 3. The van der Waals surface area contributed by atoms with E-state index in [1.165, 1.54) is 24.4 Å². The molecule has 11 heteroatoms. The van der Waals surface area contributed by atoms with E-state index in [0.717, 1.165) is 12.1 Å². The third-order valence-corrected chi connectivity index (χ3v) is 4.84. The predicted octanol–water partition coefficient (Wildman–Crippen LogP) is 3.58. The van der Waals surface area contributed by atoms with Gasteiger partial charge < -0.3 is 15.2 Å². The van der Waals surface area contributed by atoms with Crippen LogP contribution in [0.4, 0.5) is 13.2 Å². The number of nitrogens with one attached hydrogen (secondary N) is 1. The molecule has 1 amide bonds. The summed E-state index contributed by atoms with van der Waals surface area (Å²) in [6.07, 6.45) is -1.59. The number of carbonyl (C=O) groups is 1. The molecule has 2 N–H and O–H groups in total. The Bertz CT molecular complexity index is 1120. The van der Waals surface area contributed by atoms with Gasteiger partial charge in [-0.2, -0.15) is 5.10 Å². The topological polar surface area (TPSA) is 102 Å². The largest absolute Gasteiger partial charge is 0.573 e. The maximum absolute atomic E-state index is 13.0. The highest BCUT2D eigenvalue weighted by atomic mass is 19.4. The Hall–Kier alpha value is -3.47. The fourth-order valence-electron chi connectivity index (χ4n) is 2.97. The average molecular weight is 463 g/mol. The van der Waals surface area contributed by atoms with Gasteiger partial charge in [-0.05, 0) is 35.7 Å². The number of aliphatic hydroxyl groups excluding tert-OH is 1. The lowest BCUT2D eigenvalue weighted by atomic mass is 9.87. The molecule has 1 atom stereocenters. The minimum absolute atomic E-state index is 0.0390. The van der Waals surface area contributed by atoms with Gasteiger partial charge in [-0.1, -0.05) is 20.8 Å². The number of hydrogen-bond acceptors (Lipinski definition) is 6. The Morgan fingerprint density at radius 3 is 2.33 bits per heavy atom. The summed E-state index contributed by atoms with van der Waals surface area (Å²) in [5.74, 6) is -0.672. The number of hydrogen-bond donors (Lipinski definition) is 2. The zero-order chi connectivity index (χ0) is 24.4. The van der Waals surface area contributed by atoms with E-state index in [1.54, 1.807) is 17.9 Å². The van der Waals surface area contributed by atoms with Crippen LogP contribution in [0.1, 0.15) is 31.3 Å². The van der Waals surface area contributed by atoms with E-state index in [1.807, 2.05) is 20.8 Å². The quantitative estimate of drug-likeness (QED) is 0.580. The van der Waals surface area contributed by atoms with Crippen LogP contribution in [0.3, 0.4) is 0 Å². The van der Waals surface area contributed by atoms with Gasteiger partial charge in [0.2, 0.25) is 0 Å². The number of benzene rings is 1. The molecule has 0 aliphatic carbocycles. The molecule has 0 aliphatic heterocycles. The number of nitrogens with zero attached hydrogens (tertiary/aromatic N) is 4. The van der Waals surface area contributed by atoms with Crippen LogP contribution in [0.15, 0.2) is 42.7 Å². The van der Waals surface area contributed by atoms with Crippen molar-refractivity contribution in [2.45, 2.75) is 33.2 Å². The van der Waals surface area contributed by atoms with Gasteiger partial charge in [-0.25, -0.2) is 9.97 Å². The standard InChI is InChI=1S/C22H24F3N5O3/c1-21(2,3)18(12-31)29-20(32)17-9-16(27-19(28-17)14-10-26-30(4)11-14)13-5-7-15(8-6-13)33-22(23,24)25/h5-11,18,31H,12H2,1-4H3,(H,29,32).